The second-order valence-electron chi connectivity index (χ2n) is 13.1. The number of anilines is 2. The van der Waals surface area contributed by atoms with Gasteiger partial charge in [-0.1, -0.05) is 13.0 Å². The molecule has 2 aliphatic rings. The maximum atomic E-state index is 13.1. The summed E-state index contributed by atoms with van der Waals surface area (Å²) in [5.41, 5.74) is 4.21. The average Bonchev–Trinajstić information content (AvgIpc) is 3.63. The van der Waals surface area contributed by atoms with E-state index in [1.54, 1.807) is 13.1 Å². The summed E-state index contributed by atoms with van der Waals surface area (Å²) in [5.74, 6) is 1.87. The number of carbonyl (C=O) groups is 1. The van der Waals surface area contributed by atoms with Gasteiger partial charge in [-0.05, 0) is 73.8 Å². The first-order chi connectivity index (χ1) is 22.5. The number of nitrogens with zero attached hydrogens (tertiary/aromatic N) is 6. The van der Waals surface area contributed by atoms with Crippen molar-refractivity contribution in [3.05, 3.63) is 46.0 Å². The zero-order valence-corrected chi connectivity index (χ0v) is 27.8. The smallest absolute Gasteiger partial charge is 0.367 e. The third-order valence-electron chi connectivity index (χ3n) is 9.94. The predicted octanol–water partition coefficient (Wildman–Crippen LogP) is 6.55. The zero-order chi connectivity index (χ0) is 33.3. The Bertz CT molecular complexity index is 1780. The molecule has 9 nitrogen and oxygen atoms in total. The van der Waals surface area contributed by atoms with Crippen molar-refractivity contribution in [2.75, 3.05) is 43.9 Å². The Hall–Kier alpha value is -3.89. The number of thiophene rings is 1. The van der Waals surface area contributed by atoms with Gasteiger partial charge in [0.2, 0.25) is 12.4 Å². The SMILES string of the molecule is CNc1nc(NC2CCN(Cc3ccc4c(cc(C#N)n4C[C@H](C)C4CCN(C=O)CC4)c3C)CC2)c2cc(CC(F)(F)F)sc2n1. The van der Waals surface area contributed by atoms with Gasteiger partial charge in [-0.3, -0.25) is 9.69 Å². The normalized spacial score (nSPS) is 17.7. The van der Waals surface area contributed by atoms with Gasteiger partial charge in [-0.15, -0.1) is 11.3 Å². The summed E-state index contributed by atoms with van der Waals surface area (Å²) in [6.45, 7) is 9.33. The molecule has 5 heterocycles. The number of halogens is 3. The molecule has 0 unspecified atom stereocenters. The van der Waals surface area contributed by atoms with E-state index >= 15 is 0 Å². The zero-order valence-electron chi connectivity index (χ0n) is 27.0. The lowest BCUT2D eigenvalue weighted by atomic mass is 9.85. The lowest BCUT2D eigenvalue weighted by Gasteiger charge is -2.33. The second-order valence-corrected chi connectivity index (χ2v) is 14.2. The molecule has 47 heavy (non-hydrogen) atoms. The van der Waals surface area contributed by atoms with E-state index in [2.05, 4.69) is 62.1 Å². The van der Waals surface area contributed by atoms with Crippen LogP contribution in [0.25, 0.3) is 21.1 Å². The number of aromatic nitrogens is 3. The highest BCUT2D eigenvalue weighted by atomic mass is 32.1. The number of hydrogen-bond acceptors (Lipinski definition) is 8. The third kappa shape index (κ3) is 7.33. The Morgan fingerprint density at radius 1 is 1.11 bits per heavy atom. The monoisotopic (exact) mass is 666 g/mol. The Morgan fingerprint density at radius 3 is 2.51 bits per heavy atom. The van der Waals surface area contributed by atoms with Crippen molar-refractivity contribution < 1.29 is 18.0 Å². The van der Waals surface area contributed by atoms with E-state index in [0.29, 0.717) is 39.5 Å². The highest BCUT2D eigenvalue weighted by molar-refractivity contribution is 7.18. The summed E-state index contributed by atoms with van der Waals surface area (Å²) in [6.07, 6.45) is -0.574. The highest BCUT2D eigenvalue weighted by Gasteiger charge is 2.30. The number of nitrogens with one attached hydrogen (secondary N) is 2. The number of hydrogen-bond donors (Lipinski definition) is 2. The summed E-state index contributed by atoms with van der Waals surface area (Å²) >= 11 is 1.06. The van der Waals surface area contributed by atoms with Crippen LogP contribution in [0.3, 0.4) is 0 Å². The van der Waals surface area contributed by atoms with Crippen LogP contribution in [-0.4, -0.2) is 76.2 Å². The van der Waals surface area contributed by atoms with Crippen LogP contribution in [0.5, 0.6) is 0 Å². The van der Waals surface area contributed by atoms with Crippen LogP contribution in [0, 0.1) is 30.1 Å². The Balaban J connectivity index is 1.11. The van der Waals surface area contributed by atoms with E-state index in [9.17, 15) is 23.2 Å². The van der Waals surface area contributed by atoms with Crippen molar-refractivity contribution >= 4 is 50.6 Å². The van der Waals surface area contributed by atoms with Gasteiger partial charge < -0.3 is 20.1 Å². The first kappa shape index (κ1) is 33.0. The molecule has 0 radical (unpaired) electrons. The molecular weight excluding hydrogens is 625 g/mol. The molecule has 0 bridgehead atoms. The molecule has 2 aliphatic heterocycles. The molecule has 4 aromatic rings. The lowest BCUT2D eigenvalue weighted by molar-refractivity contribution is -0.126. The number of benzene rings is 1. The van der Waals surface area contributed by atoms with Gasteiger partial charge >= 0.3 is 6.18 Å². The fourth-order valence-corrected chi connectivity index (χ4v) is 8.22. The van der Waals surface area contributed by atoms with Gasteiger partial charge in [0.25, 0.3) is 0 Å². The topological polar surface area (TPSA) is 102 Å². The minimum atomic E-state index is -4.28. The van der Waals surface area contributed by atoms with Gasteiger partial charge in [0.15, 0.2) is 0 Å². The van der Waals surface area contributed by atoms with Gasteiger partial charge in [0, 0.05) is 68.1 Å². The maximum Gasteiger partial charge on any atom is 0.393 e. The van der Waals surface area contributed by atoms with E-state index in [4.69, 9.17) is 0 Å². The van der Waals surface area contributed by atoms with Crippen LogP contribution in [0.15, 0.2) is 24.3 Å². The highest BCUT2D eigenvalue weighted by Crippen LogP contribution is 2.35. The molecule has 0 saturated carbocycles. The summed E-state index contributed by atoms with van der Waals surface area (Å²) in [6, 6.07) is 10.5. The van der Waals surface area contributed by atoms with E-state index in [0.717, 1.165) is 93.6 Å². The van der Waals surface area contributed by atoms with Crippen molar-refractivity contribution in [1.82, 2.24) is 24.3 Å². The van der Waals surface area contributed by atoms with Crippen molar-refractivity contribution in [3.63, 3.8) is 0 Å². The number of nitriles is 1. The molecule has 2 N–H and O–H groups in total. The Morgan fingerprint density at radius 2 is 1.85 bits per heavy atom. The van der Waals surface area contributed by atoms with Crippen molar-refractivity contribution in [3.8, 4) is 6.07 Å². The van der Waals surface area contributed by atoms with Gasteiger partial charge in [0.1, 0.15) is 22.4 Å². The number of rotatable bonds is 10. The quantitative estimate of drug-likeness (QED) is 0.185. The molecule has 1 amide bonds. The van der Waals surface area contributed by atoms with Crippen LogP contribution < -0.4 is 10.6 Å². The number of likely N-dealkylation sites (tertiary alicyclic amines) is 2. The number of amides is 1. The fourth-order valence-electron chi connectivity index (χ4n) is 7.16. The molecule has 3 aromatic heterocycles. The summed E-state index contributed by atoms with van der Waals surface area (Å²) in [7, 11) is 1.70. The van der Waals surface area contributed by atoms with Crippen LogP contribution in [-0.2, 0) is 24.3 Å². The molecule has 2 saturated heterocycles. The van der Waals surface area contributed by atoms with Crippen molar-refractivity contribution in [1.29, 1.82) is 5.26 Å². The van der Waals surface area contributed by atoms with Crippen molar-refractivity contribution in [2.24, 2.45) is 11.8 Å². The standard InChI is InChI=1S/C34H41F3N8OS/c1-21(23-6-10-44(20-46)11-7-23)18-45-26(17-38)14-28-22(2)24(4-5-30(28)45)19-43-12-8-25(9-13-43)40-31-29-15-27(16-34(35,36)37)47-32(29)42-33(39-3)41-31/h4-5,14-15,20-21,23,25H,6-13,16,18-19H2,1-3H3,(H2,39,40,41,42)/t21-/m0/s1. The van der Waals surface area contributed by atoms with Gasteiger partial charge in [-0.2, -0.15) is 23.4 Å². The van der Waals surface area contributed by atoms with Crippen LogP contribution in [0.4, 0.5) is 24.9 Å². The third-order valence-corrected chi connectivity index (χ3v) is 11.0. The summed E-state index contributed by atoms with van der Waals surface area (Å²) in [5, 5.41) is 18.2. The average molecular weight is 667 g/mol. The summed E-state index contributed by atoms with van der Waals surface area (Å²) < 4.78 is 41.4. The molecule has 250 valence electrons. The van der Waals surface area contributed by atoms with Gasteiger partial charge in [-0.25, -0.2) is 4.98 Å². The van der Waals surface area contributed by atoms with Crippen LogP contribution in [0.1, 0.15) is 54.3 Å². The lowest BCUT2D eigenvalue weighted by Crippen LogP contribution is -2.39. The molecule has 6 rings (SSSR count). The molecule has 0 spiro atoms. The maximum absolute atomic E-state index is 13.1. The van der Waals surface area contributed by atoms with E-state index in [-0.39, 0.29) is 10.9 Å². The molecular formula is C34H41F3N8OS. The number of fused-ring (bicyclic) bond motifs is 2. The molecule has 0 aliphatic carbocycles. The fraction of sp³-hybridized carbons (Fsp3) is 0.529. The molecule has 13 heteroatoms. The number of carbonyl (C=O) groups excluding carboxylic acids is 1. The van der Waals surface area contributed by atoms with E-state index in [1.807, 2.05) is 11.0 Å². The van der Waals surface area contributed by atoms with Crippen LogP contribution >= 0.6 is 11.3 Å². The van der Waals surface area contributed by atoms with Gasteiger partial charge in [0.05, 0.1) is 11.8 Å². The van der Waals surface area contributed by atoms with Crippen LogP contribution in [0.2, 0.25) is 0 Å². The van der Waals surface area contributed by atoms with Crippen molar-refractivity contribution in [2.45, 2.75) is 71.3 Å². The molecule has 2 fully saturated rings. The van der Waals surface area contributed by atoms with E-state index in [1.165, 1.54) is 11.1 Å². The predicted molar refractivity (Wildman–Crippen MR) is 180 cm³/mol. The minimum absolute atomic E-state index is 0.142. The minimum Gasteiger partial charge on any atom is -0.367 e. The first-order valence-corrected chi connectivity index (χ1v) is 17.1. The van der Waals surface area contributed by atoms with E-state index < -0.39 is 12.6 Å². The Kier molecular flexibility index (Phi) is 9.62. The number of alkyl halides is 3. The number of aryl methyl sites for hydroxylation is 1. The largest absolute Gasteiger partial charge is 0.393 e. The number of piperidine rings is 2. The molecule has 1 aromatic carbocycles. The second kappa shape index (κ2) is 13.7. The Labute approximate surface area is 276 Å². The summed E-state index contributed by atoms with van der Waals surface area (Å²) in [4.78, 5) is 25.1. The first-order valence-electron chi connectivity index (χ1n) is 16.3. The molecule has 1 atom stereocenters.